The van der Waals surface area contributed by atoms with E-state index in [4.69, 9.17) is 19.9 Å². The van der Waals surface area contributed by atoms with E-state index >= 15 is 4.39 Å². The predicted molar refractivity (Wildman–Crippen MR) is 176 cm³/mol. The summed E-state index contributed by atoms with van der Waals surface area (Å²) in [4.78, 5) is 30.0. The quantitative estimate of drug-likeness (QED) is 0.0656. The molecule has 3 aromatic carbocycles. The number of amides is 2. The molecule has 2 atom stereocenters. The van der Waals surface area contributed by atoms with E-state index in [-0.39, 0.29) is 12.2 Å². The maximum Gasteiger partial charge on any atom is 0.240 e. The van der Waals surface area contributed by atoms with Crippen molar-refractivity contribution >= 4 is 41.0 Å². The van der Waals surface area contributed by atoms with Crippen LogP contribution in [0, 0.1) is 17.0 Å². The number of carbonyl (C=O) groups excluding carboxylic acids is 2. The van der Waals surface area contributed by atoms with Crippen molar-refractivity contribution in [3.63, 3.8) is 0 Å². The van der Waals surface area contributed by atoms with Crippen LogP contribution in [0.15, 0.2) is 66.9 Å². The van der Waals surface area contributed by atoms with E-state index in [0.29, 0.717) is 46.0 Å². The summed E-state index contributed by atoms with van der Waals surface area (Å²) in [5.74, 6) is -0.909. The second kappa shape index (κ2) is 14.8. The zero-order valence-electron chi connectivity index (χ0n) is 25.6. The van der Waals surface area contributed by atoms with Crippen molar-refractivity contribution in [1.29, 1.82) is 0 Å². The van der Waals surface area contributed by atoms with E-state index in [2.05, 4.69) is 22.9 Å². The van der Waals surface area contributed by atoms with Gasteiger partial charge in [-0.25, -0.2) is 8.78 Å². The third kappa shape index (κ3) is 7.36. The molecular formula is C35H37F2N3O5S. The Morgan fingerprint density at radius 1 is 0.935 bits per heavy atom. The van der Waals surface area contributed by atoms with Gasteiger partial charge >= 0.3 is 0 Å². The number of halogens is 2. The van der Waals surface area contributed by atoms with Crippen LogP contribution in [0.5, 0.6) is 23.0 Å². The predicted octanol–water partition coefficient (Wildman–Crippen LogP) is 7.56. The second-order valence-electron chi connectivity index (χ2n) is 11.4. The number of ether oxygens (including phenoxy) is 3. The maximum atomic E-state index is 15.4. The summed E-state index contributed by atoms with van der Waals surface area (Å²) in [6.45, 7) is 0.550. The first-order valence-electron chi connectivity index (χ1n) is 15.3. The van der Waals surface area contributed by atoms with Gasteiger partial charge in [-0.2, -0.15) is 12.6 Å². The van der Waals surface area contributed by atoms with Crippen LogP contribution in [-0.4, -0.2) is 36.3 Å². The first-order chi connectivity index (χ1) is 22.3. The minimum Gasteiger partial charge on any atom is -0.493 e. The molecule has 0 aliphatic heterocycles. The first-order valence-corrected chi connectivity index (χ1v) is 15.9. The number of thiol groups is 1. The lowest BCUT2D eigenvalue weighted by molar-refractivity contribution is -0.132. The van der Waals surface area contributed by atoms with Gasteiger partial charge in [-0.15, -0.1) is 0 Å². The molecule has 1 heterocycles. The summed E-state index contributed by atoms with van der Waals surface area (Å²) in [6, 6.07) is 14.6. The number of nitrogens with zero attached hydrogens (tertiary/aromatic N) is 1. The van der Waals surface area contributed by atoms with Crippen LogP contribution < -0.4 is 25.3 Å². The monoisotopic (exact) mass is 649 g/mol. The van der Waals surface area contributed by atoms with Gasteiger partial charge in [0.15, 0.2) is 23.1 Å². The van der Waals surface area contributed by atoms with Gasteiger partial charge in [-0.1, -0.05) is 31.7 Å². The topological polar surface area (TPSA) is 113 Å². The van der Waals surface area contributed by atoms with Gasteiger partial charge in [-0.3, -0.25) is 14.6 Å². The van der Waals surface area contributed by atoms with Gasteiger partial charge in [0, 0.05) is 29.3 Å². The summed E-state index contributed by atoms with van der Waals surface area (Å²) >= 11 is 4.25. The highest BCUT2D eigenvalue weighted by Gasteiger charge is 2.65. The molecule has 3 N–H and O–H groups in total. The summed E-state index contributed by atoms with van der Waals surface area (Å²) in [5, 5.41) is 3.22. The highest BCUT2D eigenvalue weighted by molar-refractivity contribution is 7.80. The smallest absolute Gasteiger partial charge is 0.240 e. The van der Waals surface area contributed by atoms with Gasteiger partial charge in [0.05, 0.1) is 19.2 Å². The molecule has 1 saturated carbocycles. The average Bonchev–Trinajstić information content (AvgIpc) is 3.82. The molecule has 242 valence electrons. The van der Waals surface area contributed by atoms with Gasteiger partial charge in [0.2, 0.25) is 11.8 Å². The molecule has 11 heteroatoms. The standard InChI is InChI=1S/C35H37F2N3O5S/c1-43-31-19-25-28(20-32(31)44-16-6-4-2-3-5-7-17-46)39-15-14-29(25)45-30-13-8-22(18-27(30)37)26-21-35(26,33(38)41)34(42)40-24-11-9-23(36)10-12-24/h8-15,18-20,26,46H,2-7,16-17,21H2,1H3,(H2,38,41)(H,40,42). The minimum atomic E-state index is -1.55. The first kappa shape index (κ1) is 33.0. The lowest BCUT2D eigenvalue weighted by atomic mass is 9.96. The number of carbonyl (C=O) groups is 2. The highest BCUT2D eigenvalue weighted by atomic mass is 32.1. The van der Waals surface area contributed by atoms with Crippen LogP contribution in [0.2, 0.25) is 0 Å². The number of unbranched alkanes of at least 4 members (excludes halogenated alkanes) is 5. The molecular weight excluding hydrogens is 612 g/mol. The van der Waals surface area contributed by atoms with Crippen LogP contribution in [-0.2, 0) is 9.59 Å². The zero-order chi connectivity index (χ0) is 32.7. The van der Waals surface area contributed by atoms with Gasteiger partial charge in [0.25, 0.3) is 0 Å². The third-order valence-electron chi connectivity index (χ3n) is 8.28. The number of benzene rings is 3. The van der Waals surface area contributed by atoms with Crippen molar-refractivity contribution in [2.24, 2.45) is 11.1 Å². The third-order valence-corrected chi connectivity index (χ3v) is 8.60. The Morgan fingerprint density at radius 3 is 2.37 bits per heavy atom. The molecule has 8 nitrogen and oxygen atoms in total. The summed E-state index contributed by atoms with van der Waals surface area (Å²) in [5.41, 5.74) is 5.44. The molecule has 2 amide bonds. The Balaban J connectivity index is 1.27. The summed E-state index contributed by atoms with van der Waals surface area (Å²) < 4.78 is 46.3. The van der Waals surface area contributed by atoms with E-state index in [1.165, 1.54) is 49.2 Å². The minimum absolute atomic E-state index is 0.0500. The molecule has 0 radical (unpaired) electrons. The van der Waals surface area contributed by atoms with Gasteiger partial charge in [0.1, 0.15) is 17.0 Å². The largest absolute Gasteiger partial charge is 0.493 e. The molecule has 4 aromatic rings. The molecule has 1 aliphatic carbocycles. The summed E-state index contributed by atoms with van der Waals surface area (Å²) in [6.07, 6.45) is 8.38. The Morgan fingerprint density at radius 2 is 1.67 bits per heavy atom. The number of nitrogens with one attached hydrogen (secondary N) is 1. The number of nitrogens with two attached hydrogens (primary N) is 1. The van der Waals surface area contributed by atoms with Gasteiger partial charge < -0.3 is 25.3 Å². The number of rotatable bonds is 16. The molecule has 46 heavy (non-hydrogen) atoms. The Bertz CT molecular complexity index is 1700. The van der Waals surface area contributed by atoms with E-state index < -0.39 is 34.8 Å². The van der Waals surface area contributed by atoms with Crippen LogP contribution in [0.25, 0.3) is 10.9 Å². The number of aromatic nitrogens is 1. The molecule has 1 aliphatic rings. The fraction of sp³-hybridized carbons (Fsp3) is 0.343. The fourth-order valence-electron chi connectivity index (χ4n) is 5.60. The van der Waals surface area contributed by atoms with Crippen molar-refractivity contribution in [3.8, 4) is 23.0 Å². The number of anilines is 1. The average molecular weight is 650 g/mol. The molecule has 5 rings (SSSR count). The van der Waals surface area contributed by atoms with Crippen molar-refractivity contribution < 1.29 is 32.6 Å². The SMILES string of the molecule is COc1cc2c(Oc3ccc(C4CC4(C(N)=O)C(=O)Nc4ccc(F)cc4)cc3F)ccnc2cc1OCCCCCCCCS. The normalized spacial score (nSPS) is 17.0. The number of hydrogen-bond donors (Lipinski definition) is 3. The summed E-state index contributed by atoms with van der Waals surface area (Å²) in [7, 11) is 1.55. The Hall–Kier alpha value is -4.38. The molecule has 0 spiro atoms. The zero-order valence-corrected chi connectivity index (χ0v) is 26.5. The highest BCUT2D eigenvalue weighted by Crippen LogP contribution is 2.60. The van der Waals surface area contributed by atoms with Crippen molar-refractivity contribution in [3.05, 3.63) is 84.1 Å². The van der Waals surface area contributed by atoms with Crippen LogP contribution >= 0.6 is 12.6 Å². The molecule has 0 bridgehead atoms. The number of hydrogen-bond acceptors (Lipinski definition) is 7. The van der Waals surface area contributed by atoms with E-state index in [1.54, 1.807) is 37.6 Å². The van der Waals surface area contributed by atoms with E-state index in [1.807, 2.05) is 0 Å². The number of primary amides is 1. The van der Waals surface area contributed by atoms with Gasteiger partial charge in [-0.05, 0) is 79.1 Å². The Labute approximate surface area is 272 Å². The lowest BCUT2D eigenvalue weighted by Crippen LogP contribution is -2.37. The molecule has 1 aromatic heterocycles. The number of pyridine rings is 1. The number of methoxy groups -OCH3 is 1. The number of fused-ring (bicyclic) bond motifs is 1. The maximum absolute atomic E-state index is 15.4. The van der Waals surface area contributed by atoms with Crippen molar-refractivity contribution in [2.75, 3.05) is 24.8 Å². The molecule has 1 fully saturated rings. The van der Waals surface area contributed by atoms with E-state index in [0.717, 1.165) is 31.4 Å². The van der Waals surface area contributed by atoms with Crippen molar-refractivity contribution in [1.82, 2.24) is 4.98 Å². The van der Waals surface area contributed by atoms with Crippen molar-refractivity contribution in [2.45, 2.75) is 50.9 Å². The van der Waals surface area contributed by atoms with Crippen LogP contribution in [0.3, 0.4) is 0 Å². The second-order valence-corrected chi connectivity index (χ2v) is 11.8. The van der Waals surface area contributed by atoms with Crippen LogP contribution in [0.1, 0.15) is 56.4 Å². The lowest BCUT2D eigenvalue weighted by Gasteiger charge is -2.16. The van der Waals surface area contributed by atoms with E-state index in [9.17, 15) is 14.0 Å². The fourth-order valence-corrected chi connectivity index (χ4v) is 5.83. The van der Waals surface area contributed by atoms with Crippen LogP contribution in [0.4, 0.5) is 14.5 Å². The molecule has 0 saturated heterocycles. The Kier molecular flexibility index (Phi) is 10.6. The molecule has 2 unspecified atom stereocenters.